The summed E-state index contributed by atoms with van der Waals surface area (Å²) in [5.41, 5.74) is 4.00. The van der Waals surface area contributed by atoms with Crippen LogP contribution in [0.5, 0.6) is 0 Å². The summed E-state index contributed by atoms with van der Waals surface area (Å²) in [5, 5.41) is 9.68. The number of nitrogens with zero attached hydrogens (tertiary/aromatic N) is 6. The highest BCUT2D eigenvalue weighted by Gasteiger charge is 2.16. The zero-order chi connectivity index (χ0) is 17.3. The van der Waals surface area contributed by atoms with Gasteiger partial charge >= 0.3 is 0 Å². The molecule has 0 bridgehead atoms. The number of rotatable bonds is 4. The first-order chi connectivity index (χ1) is 12.9. The number of fused-ring (bicyclic) bond motifs is 2. The van der Waals surface area contributed by atoms with Crippen molar-refractivity contribution in [2.45, 2.75) is 16.8 Å². The monoisotopic (exact) mass is 360 g/mol. The van der Waals surface area contributed by atoms with E-state index in [2.05, 4.69) is 25.3 Å². The van der Waals surface area contributed by atoms with E-state index in [1.165, 1.54) is 18.1 Å². The van der Waals surface area contributed by atoms with Crippen LogP contribution in [0.3, 0.4) is 0 Å². The van der Waals surface area contributed by atoms with Crippen LogP contribution in [0.25, 0.3) is 22.3 Å². The zero-order valence-corrected chi connectivity index (χ0v) is 14.3. The Morgan fingerprint density at radius 2 is 1.81 bits per heavy atom. The molecule has 7 nitrogen and oxygen atoms in total. The van der Waals surface area contributed by atoms with E-state index in [0.29, 0.717) is 28.0 Å². The van der Waals surface area contributed by atoms with Crippen molar-refractivity contribution >= 4 is 34.0 Å². The van der Waals surface area contributed by atoms with Gasteiger partial charge in [0.05, 0.1) is 6.54 Å². The quantitative estimate of drug-likeness (QED) is 0.453. The minimum Gasteiger partial charge on any atom is -0.431 e. The highest BCUT2D eigenvalue weighted by molar-refractivity contribution is 7.99. The normalized spacial score (nSPS) is 11.4. The lowest BCUT2D eigenvalue weighted by Gasteiger charge is -2.02. The van der Waals surface area contributed by atoms with Gasteiger partial charge in [-0.2, -0.15) is 0 Å². The van der Waals surface area contributed by atoms with Crippen LogP contribution >= 0.6 is 11.8 Å². The molecule has 0 saturated carbocycles. The molecule has 2 aromatic carbocycles. The van der Waals surface area contributed by atoms with Gasteiger partial charge in [0.15, 0.2) is 16.7 Å². The lowest BCUT2D eigenvalue weighted by Crippen LogP contribution is -2.02. The summed E-state index contributed by atoms with van der Waals surface area (Å²) in [7, 11) is 0. The first-order valence-electron chi connectivity index (χ1n) is 7.98. The Kier molecular flexibility index (Phi) is 3.60. The zero-order valence-electron chi connectivity index (χ0n) is 13.5. The number of para-hydroxylation sites is 2. The van der Waals surface area contributed by atoms with Crippen molar-refractivity contribution in [3.8, 4) is 0 Å². The fourth-order valence-corrected chi connectivity index (χ4v) is 3.46. The third-order valence-electron chi connectivity index (χ3n) is 3.90. The van der Waals surface area contributed by atoms with Crippen molar-refractivity contribution in [2.75, 3.05) is 0 Å². The number of oxazole rings is 1. The first kappa shape index (κ1) is 15.0. The molecule has 0 atom stereocenters. The maximum atomic E-state index is 5.76. The molecule has 126 valence electrons. The van der Waals surface area contributed by atoms with Gasteiger partial charge in [-0.25, -0.2) is 19.6 Å². The predicted molar refractivity (Wildman–Crippen MR) is 96.8 cm³/mol. The Bertz CT molecular complexity index is 1170. The lowest BCUT2D eigenvalue weighted by molar-refractivity contribution is 0.489. The van der Waals surface area contributed by atoms with E-state index in [9.17, 15) is 0 Å². The maximum Gasteiger partial charge on any atom is 0.263 e. The lowest BCUT2D eigenvalue weighted by atomic mass is 10.2. The molecule has 0 aliphatic heterocycles. The van der Waals surface area contributed by atoms with Gasteiger partial charge in [0.1, 0.15) is 16.9 Å². The molecule has 0 spiro atoms. The SMILES string of the molecule is c1ccc(Cn2nnc3c(Sc4nc5ccccc5o4)ncnc32)cc1. The van der Waals surface area contributed by atoms with Gasteiger partial charge in [0.2, 0.25) is 0 Å². The van der Waals surface area contributed by atoms with E-state index in [-0.39, 0.29) is 0 Å². The smallest absolute Gasteiger partial charge is 0.263 e. The number of benzene rings is 2. The average Bonchev–Trinajstić information content (AvgIpc) is 3.27. The van der Waals surface area contributed by atoms with Crippen molar-refractivity contribution in [3.05, 3.63) is 66.5 Å². The Morgan fingerprint density at radius 3 is 2.69 bits per heavy atom. The Morgan fingerprint density at radius 1 is 0.962 bits per heavy atom. The molecular weight excluding hydrogens is 348 g/mol. The Hall–Kier alpha value is -3.26. The van der Waals surface area contributed by atoms with Gasteiger partial charge in [0, 0.05) is 0 Å². The van der Waals surface area contributed by atoms with Crippen LogP contribution < -0.4 is 0 Å². The fraction of sp³-hybridized carbons (Fsp3) is 0.0556. The molecule has 0 unspecified atom stereocenters. The van der Waals surface area contributed by atoms with E-state index in [0.717, 1.165) is 16.7 Å². The second kappa shape index (κ2) is 6.23. The summed E-state index contributed by atoms with van der Waals surface area (Å²) in [6.07, 6.45) is 1.51. The van der Waals surface area contributed by atoms with E-state index in [1.807, 2.05) is 54.6 Å². The van der Waals surface area contributed by atoms with E-state index < -0.39 is 0 Å². The largest absolute Gasteiger partial charge is 0.431 e. The molecule has 5 aromatic rings. The molecule has 0 amide bonds. The third kappa shape index (κ3) is 2.70. The molecule has 5 rings (SSSR count). The molecule has 3 heterocycles. The minimum absolute atomic E-state index is 0.517. The average molecular weight is 360 g/mol. The van der Waals surface area contributed by atoms with Crippen molar-refractivity contribution in [1.29, 1.82) is 0 Å². The van der Waals surface area contributed by atoms with Crippen LogP contribution in [0.15, 0.2) is 75.6 Å². The molecule has 8 heteroatoms. The Labute approximate surface area is 152 Å². The van der Waals surface area contributed by atoms with Crippen LogP contribution in [0.4, 0.5) is 0 Å². The van der Waals surface area contributed by atoms with Crippen LogP contribution in [0, 0.1) is 0 Å². The van der Waals surface area contributed by atoms with Gasteiger partial charge in [-0.05, 0) is 29.5 Å². The van der Waals surface area contributed by atoms with Crippen molar-refractivity contribution in [1.82, 2.24) is 29.9 Å². The van der Waals surface area contributed by atoms with E-state index in [4.69, 9.17) is 4.42 Å². The number of hydrogen-bond acceptors (Lipinski definition) is 7. The summed E-state index contributed by atoms with van der Waals surface area (Å²) in [6, 6.07) is 17.7. The van der Waals surface area contributed by atoms with E-state index >= 15 is 0 Å². The molecule has 0 N–H and O–H groups in total. The Balaban J connectivity index is 1.50. The standard InChI is InChI=1S/C18H12N6OS/c1-2-6-12(7-3-1)10-24-16-15(22-23-24)17(20-11-19-16)26-18-21-13-8-4-5-9-14(13)25-18/h1-9,11H,10H2. The van der Waals surface area contributed by atoms with Crippen molar-refractivity contribution in [2.24, 2.45) is 0 Å². The topological polar surface area (TPSA) is 82.5 Å². The fourth-order valence-electron chi connectivity index (χ4n) is 2.69. The second-order valence-corrected chi connectivity index (χ2v) is 6.57. The number of aromatic nitrogens is 6. The second-order valence-electron chi connectivity index (χ2n) is 5.63. The summed E-state index contributed by atoms with van der Waals surface area (Å²) < 4.78 is 7.53. The number of hydrogen-bond donors (Lipinski definition) is 0. The van der Waals surface area contributed by atoms with Gasteiger partial charge < -0.3 is 4.42 Å². The summed E-state index contributed by atoms with van der Waals surface area (Å²) in [4.78, 5) is 13.1. The molecule has 0 aliphatic rings. The van der Waals surface area contributed by atoms with Gasteiger partial charge in [-0.1, -0.05) is 47.7 Å². The summed E-state index contributed by atoms with van der Waals surface area (Å²) >= 11 is 1.32. The van der Waals surface area contributed by atoms with Crippen LogP contribution in [0.2, 0.25) is 0 Å². The summed E-state index contributed by atoms with van der Waals surface area (Å²) in [6.45, 7) is 0.599. The molecular formula is C18H12N6OS. The molecule has 3 aromatic heterocycles. The minimum atomic E-state index is 0.517. The predicted octanol–water partition coefficient (Wildman–Crippen LogP) is 3.56. The highest BCUT2D eigenvalue weighted by atomic mass is 32.2. The van der Waals surface area contributed by atoms with Crippen molar-refractivity contribution < 1.29 is 4.42 Å². The molecule has 0 aliphatic carbocycles. The van der Waals surface area contributed by atoms with Gasteiger partial charge in [-0.15, -0.1) is 5.10 Å². The molecule has 0 fully saturated rings. The van der Waals surface area contributed by atoms with Crippen LogP contribution in [-0.2, 0) is 6.54 Å². The van der Waals surface area contributed by atoms with Crippen LogP contribution in [0.1, 0.15) is 5.56 Å². The molecule has 0 radical (unpaired) electrons. The summed E-state index contributed by atoms with van der Waals surface area (Å²) in [5.74, 6) is 0. The van der Waals surface area contributed by atoms with Gasteiger partial charge in [0.25, 0.3) is 5.22 Å². The molecule has 26 heavy (non-hydrogen) atoms. The third-order valence-corrected chi connectivity index (χ3v) is 4.74. The first-order valence-corrected chi connectivity index (χ1v) is 8.80. The molecule has 0 saturated heterocycles. The van der Waals surface area contributed by atoms with E-state index in [1.54, 1.807) is 4.68 Å². The highest BCUT2D eigenvalue weighted by Crippen LogP contribution is 2.31. The van der Waals surface area contributed by atoms with Gasteiger partial charge in [-0.3, -0.25) is 0 Å². The van der Waals surface area contributed by atoms with Crippen molar-refractivity contribution in [3.63, 3.8) is 0 Å². The van der Waals surface area contributed by atoms with Crippen LogP contribution in [-0.4, -0.2) is 29.9 Å². The maximum absolute atomic E-state index is 5.76.